The third-order valence-electron chi connectivity index (χ3n) is 4.18. The Kier molecular flexibility index (Phi) is 7.11. The zero-order valence-electron chi connectivity index (χ0n) is 15.0. The lowest BCUT2D eigenvalue weighted by Crippen LogP contribution is -2.20. The smallest absolute Gasteiger partial charge is 0.338 e. The van der Waals surface area contributed by atoms with Gasteiger partial charge in [-0.15, -0.1) is 0 Å². The number of methoxy groups -OCH3 is 1. The summed E-state index contributed by atoms with van der Waals surface area (Å²) in [7, 11) is 1.33. The fourth-order valence-electron chi connectivity index (χ4n) is 2.74. The molecule has 0 aromatic heterocycles. The molecule has 1 aliphatic heterocycles. The lowest BCUT2D eigenvalue weighted by atomic mass is 9.94. The van der Waals surface area contributed by atoms with Crippen LogP contribution in [0.25, 0.3) is 0 Å². The van der Waals surface area contributed by atoms with Gasteiger partial charge in [-0.3, -0.25) is 15.0 Å². The summed E-state index contributed by atoms with van der Waals surface area (Å²) in [6.45, 7) is 2.38. The van der Waals surface area contributed by atoms with Gasteiger partial charge >= 0.3 is 11.9 Å². The first-order valence-corrected chi connectivity index (χ1v) is 8.59. The van der Waals surface area contributed by atoms with Crippen LogP contribution in [0.4, 0.5) is 0 Å². The van der Waals surface area contributed by atoms with E-state index >= 15 is 0 Å². The average molecular weight is 363 g/mol. The van der Waals surface area contributed by atoms with Crippen molar-refractivity contribution in [1.29, 1.82) is 5.41 Å². The van der Waals surface area contributed by atoms with E-state index in [0.717, 1.165) is 18.4 Å². The molecule has 1 saturated heterocycles. The van der Waals surface area contributed by atoms with Gasteiger partial charge in [-0.25, -0.2) is 4.79 Å². The molecule has 8 nitrogen and oxygen atoms in total. The molecular formula is C18H25N3O5. The molecule has 1 aromatic rings. The van der Waals surface area contributed by atoms with E-state index < -0.39 is 5.97 Å². The molecule has 2 rings (SSSR count). The number of carbonyl (C=O) groups is 2. The number of hydrogen-bond acceptors (Lipinski definition) is 7. The van der Waals surface area contributed by atoms with Gasteiger partial charge < -0.3 is 15.2 Å². The van der Waals surface area contributed by atoms with Crippen LogP contribution in [0.15, 0.2) is 18.2 Å². The molecule has 1 aliphatic rings. The number of amidine groups is 1. The first kappa shape index (κ1) is 19.9. The Bertz CT molecular complexity index is 677. The Balaban J connectivity index is 2.13. The minimum absolute atomic E-state index is 0.136. The third kappa shape index (κ3) is 5.03. The Hall–Kier alpha value is -2.45. The molecule has 1 aromatic carbocycles. The maximum atomic E-state index is 12.1. The van der Waals surface area contributed by atoms with Crippen molar-refractivity contribution >= 4 is 17.8 Å². The Morgan fingerprint density at radius 2 is 2.19 bits per heavy atom. The summed E-state index contributed by atoms with van der Waals surface area (Å²) >= 11 is 0. The molecule has 2 atom stereocenters. The number of nitrogen functional groups attached to an aromatic ring is 1. The van der Waals surface area contributed by atoms with Crippen molar-refractivity contribution in [2.24, 2.45) is 5.73 Å². The van der Waals surface area contributed by atoms with Crippen LogP contribution in [0.2, 0.25) is 0 Å². The molecule has 1 heterocycles. The highest BCUT2D eigenvalue weighted by molar-refractivity contribution is 5.99. The van der Waals surface area contributed by atoms with Crippen molar-refractivity contribution in [2.75, 3.05) is 13.7 Å². The molecule has 26 heavy (non-hydrogen) atoms. The Morgan fingerprint density at radius 1 is 1.42 bits per heavy atom. The second-order valence-corrected chi connectivity index (χ2v) is 6.13. The molecule has 0 spiro atoms. The molecule has 0 bridgehead atoms. The minimum atomic E-state index is -0.438. The third-order valence-corrected chi connectivity index (χ3v) is 4.18. The van der Waals surface area contributed by atoms with E-state index in [0.29, 0.717) is 24.2 Å². The number of ether oxygens (including phenoxy) is 2. The SMILES string of the molecule is CCCCOC(=O)c1ccc(C2CC(CC(=O)OC)ON2)c(C(=N)N)c1. The number of rotatable bonds is 8. The standard InChI is InChI=1S/C18H25N3O5/c1-3-4-7-25-18(23)11-5-6-13(14(8-11)17(19)20)15-9-12(26-21-15)10-16(22)24-2/h5-6,8,12,15,21H,3-4,7,9-10H2,1-2H3,(H3,19,20). The highest BCUT2D eigenvalue weighted by Crippen LogP contribution is 2.30. The lowest BCUT2D eigenvalue weighted by Gasteiger charge is -2.15. The summed E-state index contributed by atoms with van der Waals surface area (Å²) in [6.07, 6.45) is 2.07. The van der Waals surface area contributed by atoms with Gasteiger partial charge in [0.15, 0.2) is 0 Å². The number of unbranched alkanes of at least 4 members (excludes halogenated alkanes) is 1. The summed E-state index contributed by atoms with van der Waals surface area (Å²) < 4.78 is 9.84. The van der Waals surface area contributed by atoms with Crippen LogP contribution in [0.5, 0.6) is 0 Å². The first-order chi connectivity index (χ1) is 12.5. The number of hydrogen-bond donors (Lipinski definition) is 3. The van der Waals surface area contributed by atoms with E-state index in [1.54, 1.807) is 18.2 Å². The molecule has 0 saturated carbocycles. The van der Waals surface area contributed by atoms with Crippen LogP contribution in [0, 0.1) is 5.41 Å². The lowest BCUT2D eigenvalue weighted by molar-refractivity contribution is -0.143. The van der Waals surface area contributed by atoms with Crippen molar-refractivity contribution in [3.63, 3.8) is 0 Å². The molecule has 4 N–H and O–H groups in total. The van der Waals surface area contributed by atoms with Crippen LogP contribution in [-0.2, 0) is 19.1 Å². The van der Waals surface area contributed by atoms with Gasteiger partial charge in [0, 0.05) is 5.56 Å². The zero-order chi connectivity index (χ0) is 19.1. The van der Waals surface area contributed by atoms with Crippen LogP contribution >= 0.6 is 0 Å². The number of carbonyl (C=O) groups excluding carboxylic acids is 2. The topological polar surface area (TPSA) is 124 Å². The van der Waals surface area contributed by atoms with Gasteiger partial charge in [0.25, 0.3) is 0 Å². The largest absolute Gasteiger partial charge is 0.469 e. The minimum Gasteiger partial charge on any atom is -0.469 e. The fourth-order valence-corrected chi connectivity index (χ4v) is 2.74. The highest BCUT2D eigenvalue weighted by atomic mass is 16.7. The first-order valence-electron chi connectivity index (χ1n) is 8.59. The van der Waals surface area contributed by atoms with Gasteiger partial charge in [0.05, 0.1) is 37.8 Å². The van der Waals surface area contributed by atoms with Gasteiger partial charge in [-0.05, 0) is 30.5 Å². The monoisotopic (exact) mass is 363 g/mol. The van der Waals surface area contributed by atoms with Gasteiger partial charge in [-0.1, -0.05) is 19.4 Å². The molecular weight excluding hydrogens is 338 g/mol. The van der Waals surface area contributed by atoms with Crippen LogP contribution < -0.4 is 11.2 Å². The zero-order valence-corrected chi connectivity index (χ0v) is 15.0. The van der Waals surface area contributed by atoms with E-state index in [1.807, 2.05) is 6.92 Å². The molecule has 8 heteroatoms. The van der Waals surface area contributed by atoms with E-state index in [9.17, 15) is 9.59 Å². The highest BCUT2D eigenvalue weighted by Gasteiger charge is 2.30. The van der Waals surface area contributed by atoms with Gasteiger partial charge in [0.1, 0.15) is 5.84 Å². The number of nitrogens with two attached hydrogens (primary N) is 1. The summed E-state index contributed by atoms with van der Waals surface area (Å²) in [5.74, 6) is -0.942. The Labute approximate surface area is 152 Å². The maximum absolute atomic E-state index is 12.1. The van der Waals surface area contributed by atoms with Crippen molar-refractivity contribution in [3.05, 3.63) is 34.9 Å². The van der Waals surface area contributed by atoms with Gasteiger partial charge in [0.2, 0.25) is 0 Å². The van der Waals surface area contributed by atoms with E-state index in [1.165, 1.54) is 7.11 Å². The normalized spacial score (nSPS) is 19.2. The average Bonchev–Trinajstić information content (AvgIpc) is 3.09. The number of esters is 2. The second-order valence-electron chi connectivity index (χ2n) is 6.13. The van der Waals surface area contributed by atoms with Crippen LogP contribution in [0.1, 0.15) is 60.1 Å². The van der Waals surface area contributed by atoms with Crippen molar-refractivity contribution < 1.29 is 23.9 Å². The van der Waals surface area contributed by atoms with Crippen molar-refractivity contribution in [3.8, 4) is 0 Å². The predicted molar refractivity (Wildman–Crippen MR) is 94.6 cm³/mol. The summed E-state index contributed by atoms with van der Waals surface area (Å²) in [5.41, 5.74) is 10.1. The van der Waals surface area contributed by atoms with Crippen LogP contribution in [-0.4, -0.2) is 37.6 Å². The molecule has 0 amide bonds. The number of benzene rings is 1. The molecule has 0 radical (unpaired) electrons. The van der Waals surface area contributed by atoms with E-state index in [-0.39, 0.29) is 30.4 Å². The summed E-state index contributed by atoms with van der Waals surface area (Å²) in [6, 6.07) is 4.69. The maximum Gasteiger partial charge on any atom is 0.338 e. The van der Waals surface area contributed by atoms with E-state index in [2.05, 4.69) is 10.2 Å². The number of hydroxylamine groups is 1. The molecule has 1 fully saturated rings. The van der Waals surface area contributed by atoms with Crippen molar-refractivity contribution in [2.45, 2.75) is 44.8 Å². The van der Waals surface area contributed by atoms with E-state index in [4.69, 9.17) is 20.7 Å². The summed E-state index contributed by atoms with van der Waals surface area (Å²) in [5, 5.41) is 7.82. The fraction of sp³-hybridized carbons (Fsp3) is 0.500. The predicted octanol–water partition coefficient (Wildman–Crippen LogP) is 1.83. The quantitative estimate of drug-likeness (QED) is 0.278. The van der Waals surface area contributed by atoms with Gasteiger partial charge in [-0.2, -0.15) is 5.48 Å². The van der Waals surface area contributed by atoms with Crippen molar-refractivity contribution in [1.82, 2.24) is 5.48 Å². The number of nitrogens with one attached hydrogen (secondary N) is 2. The molecule has 0 aliphatic carbocycles. The summed E-state index contributed by atoms with van der Waals surface area (Å²) in [4.78, 5) is 28.9. The van der Waals surface area contributed by atoms with Crippen LogP contribution in [0.3, 0.4) is 0 Å². The molecule has 2 unspecified atom stereocenters. The Morgan fingerprint density at radius 3 is 2.85 bits per heavy atom. The second kappa shape index (κ2) is 9.30. The molecule has 142 valence electrons.